The van der Waals surface area contributed by atoms with Crippen molar-refractivity contribution in [2.45, 2.75) is 33.7 Å². The fourth-order valence-corrected chi connectivity index (χ4v) is 2.01. The van der Waals surface area contributed by atoms with E-state index < -0.39 is 0 Å². The van der Waals surface area contributed by atoms with Crippen LogP contribution in [0.25, 0.3) is 0 Å². The Kier molecular flexibility index (Phi) is 3.52. The van der Waals surface area contributed by atoms with Crippen LogP contribution in [0.2, 0.25) is 0 Å². The van der Waals surface area contributed by atoms with Crippen LogP contribution in [-0.2, 0) is 13.0 Å². The fourth-order valence-electron chi connectivity index (χ4n) is 2.01. The first-order valence-corrected chi connectivity index (χ1v) is 6.12. The fraction of sp³-hybridized carbons (Fsp3) is 0.357. The lowest BCUT2D eigenvalue weighted by atomic mass is 10.1. The Morgan fingerprint density at radius 1 is 1.47 bits per heavy atom. The van der Waals surface area contributed by atoms with Crippen molar-refractivity contribution in [1.29, 1.82) is 5.26 Å². The minimum absolute atomic E-state index is 0.189. The molecule has 5 heteroatoms. The van der Waals surface area contributed by atoms with Gasteiger partial charge in [0.1, 0.15) is 17.4 Å². The molecule has 0 saturated carbocycles. The Morgan fingerprint density at radius 2 is 2.21 bits per heavy atom. The molecule has 98 valence electrons. The minimum Gasteiger partial charge on any atom is -0.361 e. The molecule has 0 bridgehead atoms. The zero-order valence-corrected chi connectivity index (χ0v) is 11.2. The zero-order valence-electron chi connectivity index (χ0n) is 11.2. The van der Waals surface area contributed by atoms with Gasteiger partial charge in [0.15, 0.2) is 0 Å². The summed E-state index contributed by atoms with van der Waals surface area (Å²) in [6, 6.07) is 3.73. The number of hydrogen-bond donors (Lipinski definition) is 0. The van der Waals surface area contributed by atoms with Crippen molar-refractivity contribution >= 4 is 0 Å². The Hall–Kier alpha value is -2.35. The topological polar surface area (TPSA) is 71.8 Å². The molecule has 2 heterocycles. The van der Waals surface area contributed by atoms with E-state index in [0.29, 0.717) is 17.9 Å². The van der Waals surface area contributed by atoms with Gasteiger partial charge in [0.25, 0.3) is 5.56 Å². The van der Waals surface area contributed by atoms with Crippen LogP contribution < -0.4 is 5.56 Å². The molecule has 0 aliphatic heterocycles. The van der Waals surface area contributed by atoms with Gasteiger partial charge in [0.05, 0.1) is 12.2 Å². The first-order chi connectivity index (χ1) is 9.08. The van der Waals surface area contributed by atoms with Crippen molar-refractivity contribution in [3.8, 4) is 6.07 Å². The van der Waals surface area contributed by atoms with Gasteiger partial charge in [-0.25, -0.2) is 0 Å². The molecular weight excluding hydrogens is 242 g/mol. The Morgan fingerprint density at radius 3 is 2.84 bits per heavy atom. The molecule has 0 spiro atoms. The molecule has 0 N–H and O–H groups in total. The molecule has 0 aromatic carbocycles. The summed E-state index contributed by atoms with van der Waals surface area (Å²) >= 11 is 0. The van der Waals surface area contributed by atoms with Crippen LogP contribution in [0, 0.1) is 25.2 Å². The first-order valence-electron chi connectivity index (χ1n) is 6.12. The van der Waals surface area contributed by atoms with Gasteiger partial charge >= 0.3 is 0 Å². The van der Waals surface area contributed by atoms with E-state index in [2.05, 4.69) is 5.16 Å². The number of aryl methyl sites for hydroxylation is 3. The van der Waals surface area contributed by atoms with E-state index in [0.717, 1.165) is 17.7 Å². The van der Waals surface area contributed by atoms with E-state index in [9.17, 15) is 4.79 Å². The third kappa shape index (κ3) is 2.29. The maximum Gasteiger partial charge on any atom is 0.269 e. The summed E-state index contributed by atoms with van der Waals surface area (Å²) in [7, 11) is 0. The number of rotatable bonds is 3. The van der Waals surface area contributed by atoms with Gasteiger partial charge in [-0.15, -0.1) is 0 Å². The molecule has 0 saturated heterocycles. The molecular formula is C14H15N3O2. The molecule has 5 nitrogen and oxygen atoms in total. The van der Waals surface area contributed by atoms with Gasteiger partial charge in [-0.2, -0.15) is 5.26 Å². The highest BCUT2D eigenvalue weighted by atomic mass is 16.5. The summed E-state index contributed by atoms with van der Waals surface area (Å²) < 4.78 is 6.67. The lowest BCUT2D eigenvalue weighted by Gasteiger charge is -2.07. The quantitative estimate of drug-likeness (QED) is 0.842. The summed E-state index contributed by atoms with van der Waals surface area (Å²) in [5, 5.41) is 13.0. The van der Waals surface area contributed by atoms with Crippen LogP contribution >= 0.6 is 0 Å². The third-order valence-electron chi connectivity index (χ3n) is 3.21. The molecule has 0 atom stereocenters. The first kappa shape index (κ1) is 13.1. The van der Waals surface area contributed by atoms with Crippen molar-refractivity contribution in [3.63, 3.8) is 0 Å². The lowest BCUT2D eigenvalue weighted by Crippen LogP contribution is -2.24. The third-order valence-corrected chi connectivity index (χ3v) is 3.21. The maximum absolute atomic E-state index is 12.1. The average Bonchev–Trinajstić information content (AvgIpc) is 2.74. The minimum atomic E-state index is -0.273. The van der Waals surface area contributed by atoms with Gasteiger partial charge in [-0.3, -0.25) is 4.79 Å². The van der Waals surface area contributed by atoms with Gasteiger partial charge in [-0.1, -0.05) is 12.1 Å². The highest BCUT2D eigenvalue weighted by molar-refractivity contribution is 5.34. The lowest BCUT2D eigenvalue weighted by molar-refractivity contribution is 0.390. The Labute approximate surface area is 111 Å². The second-order valence-corrected chi connectivity index (χ2v) is 4.44. The van der Waals surface area contributed by atoms with Crippen LogP contribution in [0.5, 0.6) is 0 Å². The van der Waals surface area contributed by atoms with E-state index >= 15 is 0 Å². The predicted molar refractivity (Wildman–Crippen MR) is 69.9 cm³/mol. The summed E-state index contributed by atoms with van der Waals surface area (Å²) in [5.41, 5.74) is 2.38. The molecule has 2 aromatic rings. The second-order valence-electron chi connectivity index (χ2n) is 4.44. The molecule has 0 radical (unpaired) electrons. The Balaban J connectivity index is 2.48. The van der Waals surface area contributed by atoms with E-state index in [-0.39, 0.29) is 11.1 Å². The monoisotopic (exact) mass is 257 g/mol. The molecule has 0 aliphatic rings. The number of hydrogen-bond acceptors (Lipinski definition) is 4. The van der Waals surface area contributed by atoms with E-state index in [4.69, 9.17) is 9.78 Å². The van der Waals surface area contributed by atoms with Crippen LogP contribution in [0.4, 0.5) is 0 Å². The number of nitriles is 1. The van der Waals surface area contributed by atoms with Gasteiger partial charge < -0.3 is 9.09 Å². The average molecular weight is 257 g/mol. The summed E-state index contributed by atoms with van der Waals surface area (Å²) in [5.74, 6) is 0.711. The van der Waals surface area contributed by atoms with Crippen LogP contribution in [-0.4, -0.2) is 9.72 Å². The second kappa shape index (κ2) is 5.11. The normalized spacial score (nSPS) is 10.4. The summed E-state index contributed by atoms with van der Waals surface area (Å²) in [6.07, 6.45) is 2.45. The highest BCUT2D eigenvalue weighted by Gasteiger charge is 2.14. The smallest absolute Gasteiger partial charge is 0.269 e. The predicted octanol–water partition coefficient (Wildman–Crippen LogP) is 1.94. The maximum atomic E-state index is 12.1. The number of aromatic nitrogens is 2. The number of pyridine rings is 1. The van der Waals surface area contributed by atoms with Gasteiger partial charge in [0, 0.05) is 11.8 Å². The SMILES string of the molecule is CCc1noc(C)c1Cn1ccc(C)c(C#N)c1=O. The molecule has 0 unspecified atom stereocenters. The van der Waals surface area contributed by atoms with Gasteiger partial charge in [0.2, 0.25) is 0 Å². The van der Waals surface area contributed by atoms with Crippen molar-refractivity contribution < 1.29 is 4.52 Å². The largest absolute Gasteiger partial charge is 0.361 e. The number of nitrogens with zero attached hydrogens (tertiary/aromatic N) is 3. The summed E-state index contributed by atoms with van der Waals surface area (Å²) in [6.45, 7) is 5.95. The van der Waals surface area contributed by atoms with E-state index in [1.807, 2.05) is 19.9 Å². The van der Waals surface area contributed by atoms with Crippen molar-refractivity contribution in [2.24, 2.45) is 0 Å². The van der Waals surface area contributed by atoms with Crippen LogP contribution in [0.3, 0.4) is 0 Å². The van der Waals surface area contributed by atoms with Crippen molar-refractivity contribution in [1.82, 2.24) is 9.72 Å². The van der Waals surface area contributed by atoms with Crippen molar-refractivity contribution in [3.05, 3.63) is 50.8 Å². The molecule has 19 heavy (non-hydrogen) atoms. The van der Waals surface area contributed by atoms with Crippen LogP contribution in [0.1, 0.15) is 35.1 Å². The standard InChI is InChI=1S/C14H15N3O2/c1-4-13-12(10(3)19-16-13)8-17-6-5-9(2)11(7-15)14(17)18/h5-6H,4,8H2,1-3H3. The van der Waals surface area contributed by atoms with E-state index in [1.54, 1.807) is 19.2 Å². The molecule has 2 aromatic heterocycles. The van der Waals surface area contributed by atoms with E-state index in [1.165, 1.54) is 4.57 Å². The van der Waals surface area contributed by atoms with Crippen LogP contribution in [0.15, 0.2) is 21.6 Å². The molecule has 2 rings (SSSR count). The summed E-state index contributed by atoms with van der Waals surface area (Å²) in [4.78, 5) is 12.1. The highest BCUT2D eigenvalue weighted by Crippen LogP contribution is 2.15. The molecule has 0 aliphatic carbocycles. The Bertz CT molecular complexity index is 704. The molecule has 0 amide bonds. The van der Waals surface area contributed by atoms with Crippen molar-refractivity contribution in [2.75, 3.05) is 0 Å². The molecule has 0 fully saturated rings. The van der Waals surface area contributed by atoms with Gasteiger partial charge in [-0.05, 0) is 31.9 Å². The zero-order chi connectivity index (χ0) is 14.0.